The van der Waals surface area contributed by atoms with Crippen LogP contribution in [0.3, 0.4) is 0 Å². The number of nitrogens with zero attached hydrogens (tertiary/aromatic N) is 17. The number of hydrogen-bond acceptors (Lipinski definition) is 22. The fourth-order valence-electron chi connectivity index (χ4n) is 19.0. The Kier molecular flexibility index (Phi) is 24.9. The van der Waals surface area contributed by atoms with E-state index in [4.69, 9.17) is 38.5 Å². The molecule has 1 atom stereocenters. The summed E-state index contributed by atoms with van der Waals surface area (Å²) in [7, 11) is 0. The van der Waals surface area contributed by atoms with E-state index in [0.29, 0.717) is 70.3 Å². The molecule has 5 aliphatic heterocycles. The smallest absolute Gasteiger partial charge is 0.227 e. The second-order valence-electron chi connectivity index (χ2n) is 34.7. The lowest BCUT2D eigenvalue weighted by atomic mass is 10.1. The molecule has 5 aliphatic rings. The summed E-state index contributed by atoms with van der Waals surface area (Å²) in [6.45, 7) is 43.9. The maximum Gasteiger partial charge on any atom is 0.227 e. The summed E-state index contributed by atoms with van der Waals surface area (Å²) < 4.78 is 128. The molecule has 0 saturated carbocycles. The highest BCUT2D eigenvalue weighted by atomic mass is 16.4. The Hall–Kier alpha value is -15.2. The Morgan fingerprint density at radius 1 is 0.248 bits per heavy atom. The molecule has 0 spiro atoms. The number of hydrogen-bond donors (Lipinski definition) is 0. The molecule has 22 heteroatoms. The van der Waals surface area contributed by atoms with Crippen molar-refractivity contribution >= 4 is 196 Å². The zero-order valence-corrected chi connectivity index (χ0v) is 85.6. The summed E-state index contributed by atoms with van der Waals surface area (Å²) in [5.74, 6) is 1.46. The molecule has 25 rings (SSSR count). The molecule has 8 aromatic carbocycles. The van der Waals surface area contributed by atoms with E-state index in [1.54, 1.807) is 29.4 Å². The first kappa shape index (κ1) is 83.9. The Labute approximate surface area is 846 Å². The van der Waals surface area contributed by atoms with Crippen molar-refractivity contribution in [2.45, 2.75) is 198 Å². The highest BCUT2D eigenvalue weighted by Crippen LogP contribution is 2.53. The van der Waals surface area contributed by atoms with Gasteiger partial charge in [0.1, 0.15) is 0 Å². The van der Waals surface area contributed by atoms with E-state index in [1.807, 2.05) is 325 Å². The van der Waals surface area contributed by atoms with E-state index >= 15 is 0 Å². The molecule has 0 aliphatic carbocycles. The van der Waals surface area contributed by atoms with Gasteiger partial charge in [-0.25, -0.2) is 34.9 Å². The van der Waals surface area contributed by atoms with Crippen LogP contribution in [0.5, 0.6) is 0 Å². The van der Waals surface area contributed by atoms with Crippen molar-refractivity contribution in [3.8, 4) is 0 Å². The minimum absolute atomic E-state index is 0.173. The molecule has 0 bridgehead atoms. The zero-order valence-electron chi connectivity index (χ0n) is 97.6. The van der Waals surface area contributed by atoms with Gasteiger partial charge in [0.2, 0.25) is 28.6 Å². The lowest BCUT2D eigenvalue weighted by Gasteiger charge is -2.26. The minimum atomic E-state index is -2.47. The van der Waals surface area contributed by atoms with E-state index in [0.717, 1.165) is 195 Å². The summed E-state index contributed by atoms with van der Waals surface area (Å²) in [6.07, 6.45) is 3.47. The van der Waals surface area contributed by atoms with Gasteiger partial charge in [-0.15, -0.1) is 0 Å². The van der Waals surface area contributed by atoms with Crippen molar-refractivity contribution in [2.75, 3.05) is 96.3 Å². The Bertz CT molecular complexity index is 7740. The van der Waals surface area contributed by atoms with Crippen LogP contribution in [0.1, 0.15) is 183 Å². The number of rotatable bonds is 8. The quantitative estimate of drug-likeness (QED) is 0.140. The summed E-state index contributed by atoms with van der Waals surface area (Å²) >= 11 is 0. The topological polar surface area (TPSA) is 188 Å². The second kappa shape index (κ2) is 41.9. The van der Waals surface area contributed by atoms with Gasteiger partial charge in [-0.05, 0) is 260 Å². The second-order valence-corrected chi connectivity index (χ2v) is 34.7. The molecular formula is C119H135N17O5. The monoisotopic (exact) mass is 1890 g/mol. The first-order valence-electron chi connectivity index (χ1n) is 54.9. The van der Waals surface area contributed by atoms with Crippen LogP contribution in [0, 0.1) is 69.2 Å². The van der Waals surface area contributed by atoms with Crippen molar-refractivity contribution in [2.24, 2.45) is 0 Å². The molecule has 0 saturated heterocycles. The van der Waals surface area contributed by atoms with Gasteiger partial charge in [0, 0.05) is 139 Å². The van der Waals surface area contributed by atoms with Crippen LogP contribution in [0.15, 0.2) is 253 Å². The minimum Gasteiger partial charge on any atom is -0.435 e. The molecule has 20 aromatic rings. The van der Waals surface area contributed by atoms with Gasteiger partial charge in [0.05, 0.1) is 111 Å². The lowest BCUT2D eigenvalue weighted by molar-refractivity contribution is 0.649. The van der Waals surface area contributed by atoms with Crippen LogP contribution in [0.25, 0.3) is 110 Å². The molecule has 17 heterocycles. The Morgan fingerprint density at radius 2 is 0.482 bits per heavy atom. The highest BCUT2D eigenvalue weighted by molar-refractivity contribution is 6.15. The van der Waals surface area contributed by atoms with Gasteiger partial charge in [-0.2, -0.15) is 0 Å². The van der Waals surface area contributed by atoms with Crippen LogP contribution in [0.2, 0.25) is 0 Å². The summed E-state index contributed by atoms with van der Waals surface area (Å²) in [4.78, 5) is 50.9. The summed E-state index contributed by atoms with van der Waals surface area (Å²) in [5.41, 5.74) is 28.1. The number of benzene rings is 8. The molecule has 0 fully saturated rings. The molecule has 141 heavy (non-hydrogen) atoms. The molecule has 0 N–H and O–H groups in total. The maximum atomic E-state index is 8.69. The van der Waals surface area contributed by atoms with E-state index in [2.05, 4.69) is 117 Å². The Balaban J connectivity index is 0.000000133. The number of anilines is 15. The number of aromatic nitrogens is 7. The zero-order chi connectivity index (χ0) is 111. The van der Waals surface area contributed by atoms with Crippen LogP contribution in [0.4, 0.5) is 85.6 Å². The van der Waals surface area contributed by atoms with Gasteiger partial charge in [-0.3, -0.25) is 0 Å². The van der Waals surface area contributed by atoms with Gasteiger partial charge in [0.15, 0.2) is 39.6 Å². The Morgan fingerprint density at radius 3 is 0.801 bits per heavy atom. The first-order chi connectivity index (χ1) is 73.0. The van der Waals surface area contributed by atoms with Gasteiger partial charge in [-0.1, -0.05) is 166 Å². The van der Waals surface area contributed by atoms with Crippen LogP contribution in [-0.4, -0.2) is 100 Å². The van der Waals surface area contributed by atoms with Gasteiger partial charge >= 0.3 is 0 Å². The van der Waals surface area contributed by atoms with E-state index in [1.165, 1.54) is 16.7 Å². The number of para-hydroxylation sites is 6. The molecule has 726 valence electrons. The molecular weight excluding hydrogens is 1750 g/mol. The van der Waals surface area contributed by atoms with Gasteiger partial charge < -0.3 is 71.1 Å². The third kappa shape index (κ3) is 18.2. The molecule has 1 unspecified atom stereocenters. The van der Waals surface area contributed by atoms with Crippen LogP contribution >= 0.6 is 0 Å². The molecule has 22 nitrogen and oxygen atoms in total. The largest absolute Gasteiger partial charge is 0.435 e. The van der Waals surface area contributed by atoms with E-state index in [9.17, 15) is 0 Å². The predicted molar refractivity (Wildman–Crippen MR) is 594 cm³/mol. The average molecular weight is 1900 g/mol. The third-order valence-electron chi connectivity index (χ3n) is 25.4. The fraction of sp³-hybridized carbons (Fsp3) is 0.303. The summed E-state index contributed by atoms with van der Waals surface area (Å²) in [5, 5.41) is 9.90. The molecule has 0 radical (unpaired) electrons. The predicted octanol–water partition coefficient (Wildman–Crippen LogP) is 32.0. The average Bonchev–Trinajstić information content (AvgIpc) is 1.59. The number of fused-ring (bicyclic) bond motifs is 20. The fourth-order valence-corrected chi connectivity index (χ4v) is 19.0. The molecule has 0 amide bonds. The normalized spacial score (nSPS) is 15.2. The summed E-state index contributed by atoms with van der Waals surface area (Å²) in [6, 6.07) is 68.5. The first-order valence-corrected chi connectivity index (χ1v) is 48.9. The van der Waals surface area contributed by atoms with Crippen molar-refractivity contribution in [3.63, 3.8) is 0 Å². The SMILES string of the molecule is CC.CC.CC.CC.CC.[2H]C(C)(C)N1CN(c2c(C)ccc3c2oc2nc(C)ccc23)c2ccccc21.[2H]C(C)(C)N1CN(c2c(C)ccc3c2oc2nc(C)ccc23)c2ncccc21.[2H]C([2H])([2H])C([2H])(C)N1CN(c2c(C)ccc3c2oc2nc(C)ccc23)c2ccccc21.[2H]C([2H])([2H])N1CN(c2c(C)ccc3c2oc2nc(C)ccc23)c2ccccc21.[2H]C([2H])([2H])N1CN(c2c(C)ccc3c2oc2nc(C)ccc23)c2ncccc21. The number of pyridine rings is 7. The maximum absolute atomic E-state index is 8.69. The van der Waals surface area contributed by atoms with Crippen molar-refractivity contribution < 1.29 is 38.5 Å². The third-order valence-corrected chi connectivity index (χ3v) is 25.4. The van der Waals surface area contributed by atoms with Crippen LogP contribution < -0.4 is 49.0 Å². The van der Waals surface area contributed by atoms with Crippen molar-refractivity contribution in [1.29, 1.82) is 0 Å². The standard InChI is InChI=1S/2C23H23N3O.C22H22N4O.C21H19N3O.C20H18N4O.5C2H6/c2*1-14(2)25-13-26(20-8-6-5-7-19(20)25)21-15(3)9-11-17-18-12-10-16(4)24-23(18)27-22(17)21;1-13(2)25-12-26(21-18(25)6-5-11-23-21)19-14(3)7-9-16-17-10-8-15(4)24-22(17)27-20(16)19;1-13-8-10-15-16-11-9-14(2)22-21(16)25-20(15)19(13)24-12-23(3)17-6-4-5-7-18(17)24;1-12-6-8-14-15-9-7-13(2)22-20(15)25-18(14)17(12)24-11-23(3)16-5-4-10-21-19(16)24;5*1-2/h2*5-12,14H,13H2,1-4H3;5-11,13H,12H2,1-4H3;4-11H,12H2,1-3H3;4-10H,11H2,1-3H3;5*1-2H3/i1D3,14D;14D;13D;2*3D3;;;;;. The molecule has 12 aromatic heterocycles. The number of aryl methyl sites for hydroxylation is 10. The lowest BCUT2D eigenvalue weighted by Crippen LogP contribution is -2.33. The van der Waals surface area contributed by atoms with E-state index in [-0.39, 0.29) is 20.0 Å². The van der Waals surface area contributed by atoms with Gasteiger partial charge in [0.25, 0.3) is 0 Å². The van der Waals surface area contributed by atoms with E-state index < -0.39 is 38.9 Å². The highest BCUT2D eigenvalue weighted by Gasteiger charge is 2.38. The van der Waals surface area contributed by atoms with Crippen molar-refractivity contribution in [1.82, 2.24) is 34.9 Å². The number of furan rings is 5. The van der Waals surface area contributed by atoms with Crippen LogP contribution in [-0.2, 0) is 0 Å². The van der Waals surface area contributed by atoms with Crippen molar-refractivity contribution in [3.05, 3.63) is 287 Å².